The lowest BCUT2D eigenvalue weighted by Crippen LogP contribution is -2.18. The Balaban J connectivity index is 2.09. The molecule has 1 aromatic heterocycles. The molecule has 0 saturated carbocycles. The number of nitrogens with zero attached hydrogens (tertiary/aromatic N) is 1. The summed E-state index contributed by atoms with van der Waals surface area (Å²) in [4.78, 5) is 16.1. The van der Waals surface area contributed by atoms with Crippen LogP contribution in [0.2, 0.25) is 0 Å². The van der Waals surface area contributed by atoms with Gasteiger partial charge in [-0.05, 0) is 34.5 Å². The SMILES string of the molecule is CC(C(=O)Nc1cncc(Br)c1)c1ccccc1. The quantitative estimate of drug-likeness (QED) is 0.941. The van der Waals surface area contributed by atoms with E-state index in [4.69, 9.17) is 0 Å². The number of aromatic nitrogens is 1. The molecule has 0 aliphatic rings. The largest absolute Gasteiger partial charge is 0.324 e. The van der Waals surface area contributed by atoms with E-state index in [1.807, 2.05) is 43.3 Å². The number of nitrogens with one attached hydrogen (secondary N) is 1. The van der Waals surface area contributed by atoms with Crippen molar-refractivity contribution >= 4 is 27.5 Å². The molecule has 0 aliphatic heterocycles. The summed E-state index contributed by atoms with van der Waals surface area (Å²) in [6.45, 7) is 1.88. The minimum atomic E-state index is -0.190. The Bertz CT molecular complexity index is 543. The first kappa shape index (κ1) is 12.8. The Labute approximate surface area is 114 Å². The van der Waals surface area contributed by atoms with Gasteiger partial charge in [-0.1, -0.05) is 30.3 Å². The minimum absolute atomic E-state index is 0.0406. The Morgan fingerprint density at radius 1 is 1.28 bits per heavy atom. The number of amides is 1. The number of pyridine rings is 1. The summed E-state index contributed by atoms with van der Waals surface area (Å²) in [5.41, 5.74) is 1.69. The maximum atomic E-state index is 12.1. The molecule has 3 nitrogen and oxygen atoms in total. The summed E-state index contributed by atoms with van der Waals surface area (Å²) >= 11 is 3.32. The van der Waals surface area contributed by atoms with Gasteiger partial charge in [-0.3, -0.25) is 9.78 Å². The average Bonchev–Trinajstić information content (AvgIpc) is 2.39. The molecule has 0 radical (unpaired) electrons. The van der Waals surface area contributed by atoms with Crippen LogP contribution >= 0.6 is 15.9 Å². The Morgan fingerprint density at radius 2 is 2.00 bits per heavy atom. The van der Waals surface area contributed by atoms with Crippen LogP contribution in [0.5, 0.6) is 0 Å². The maximum absolute atomic E-state index is 12.1. The second-order valence-corrected chi connectivity index (χ2v) is 4.93. The number of benzene rings is 1. The zero-order valence-electron chi connectivity index (χ0n) is 9.93. The van der Waals surface area contributed by atoms with E-state index in [2.05, 4.69) is 26.2 Å². The molecule has 1 N–H and O–H groups in total. The summed E-state index contributed by atoms with van der Waals surface area (Å²) in [5, 5.41) is 2.85. The van der Waals surface area contributed by atoms with Gasteiger partial charge >= 0.3 is 0 Å². The summed E-state index contributed by atoms with van der Waals surface area (Å²) in [6.07, 6.45) is 3.30. The van der Waals surface area contributed by atoms with Crippen LogP contribution in [0.3, 0.4) is 0 Å². The van der Waals surface area contributed by atoms with Gasteiger partial charge in [-0.15, -0.1) is 0 Å². The van der Waals surface area contributed by atoms with Crippen molar-refractivity contribution in [2.24, 2.45) is 0 Å². The van der Waals surface area contributed by atoms with Crippen molar-refractivity contribution < 1.29 is 4.79 Å². The second kappa shape index (κ2) is 5.78. The standard InChI is InChI=1S/C14H13BrN2O/c1-10(11-5-3-2-4-6-11)14(18)17-13-7-12(15)8-16-9-13/h2-10H,1H3,(H,17,18). The smallest absolute Gasteiger partial charge is 0.231 e. The molecule has 1 aromatic carbocycles. The predicted molar refractivity (Wildman–Crippen MR) is 75.4 cm³/mol. The minimum Gasteiger partial charge on any atom is -0.324 e. The summed E-state index contributed by atoms with van der Waals surface area (Å²) < 4.78 is 0.840. The summed E-state index contributed by atoms with van der Waals surface area (Å²) in [7, 11) is 0. The number of carbonyl (C=O) groups is 1. The van der Waals surface area contributed by atoms with Crippen LogP contribution in [0.25, 0.3) is 0 Å². The topological polar surface area (TPSA) is 42.0 Å². The number of carbonyl (C=O) groups excluding carboxylic acids is 1. The van der Waals surface area contributed by atoms with E-state index in [1.165, 1.54) is 0 Å². The molecular weight excluding hydrogens is 292 g/mol. The van der Waals surface area contributed by atoms with Crippen molar-refractivity contribution in [1.82, 2.24) is 4.98 Å². The van der Waals surface area contributed by atoms with Gasteiger partial charge in [-0.25, -0.2) is 0 Å². The molecule has 1 amide bonds. The van der Waals surface area contributed by atoms with Gasteiger partial charge < -0.3 is 5.32 Å². The van der Waals surface area contributed by atoms with Gasteiger partial charge in [0.1, 0.15) is 0 Å². The normalized spacial score (nSPS) is 11.9. The van der Waals surface area contributed by atoms with Crippen LogP contribution in [0.4, 0.5) is 5.69 Å². The van der Waals surface area contributed by atoms with Crippen LogP contribution in [0, 0.1) is 0 Å². The van der Waals surface area contributed by atoms with Gasteiger partial charge in [0, 0.05) is 10.7 Å². The van der Waals surface area contributed by atoms with Gasteiger partial charge in [0.15, 0.2) is 0 Å². The molecule has 4 heteroatoms. The van der Waals surface area contributed by atoms with E-state index in [0.717, 1.165) is 10.0 Å². The van der Waals surface area contributed by atoms with Crippen molar-refractivity contribution in [2.45, 2.75) is 12.8 Å². The van der Waals surface area contributed by atoms with Gasteiger partial charge in [0.05, 0.1) is 17.8 Å². The Morgan fingerprint density at radius 3 is 2.67 bits per heavy atom. The van der Waals surface area contributed by atoms with Crippen molar-refractivity contribution in [3.8, 4) is 0 Å². The van der Waals surface area contributed by atoms with Crippen molar-refractivity contribution in [3.05, 3.63) is 58.8 Å². The molecule has 0 fully saturated rings. The zero-order chi connectivity index (χ0) is 13.0. The number of halogens is 1. The van der Waals surface area contributed by atoms with Crippen LogP contribution < -0.4 is 5.32 Å². The average molecular weight is 305 g/mol. The summed E-state index contributed by atoms with van der Waals surface area (Å²) in [6, 6.07) is 11.5. The third-order valence-electron chi connectivity index (χ3n) is 2.67. The first-order valence-corrected chi connectivity index (χ1v) is 6.42. The molecule has 1 atom stereocenters. The third kappa shape index (κ3) is 3.17. The molecule has 2 rings (SSSR count). The van der Waals surface area contributed by atoms with Crippen LogP contribution in [-0.2, 0) is 4.79 Å². The number of anilines is 1. The van der Waals surface area contributed by atoms with E-state index in [1.54, 1.807) is 12.4 Å². The molecule has 1 heterocycles. The molecule has 1 unspecified atom stereocenters. The van der Waals surface area contributed by atoms with Gasteiger partial charge in [0.25, 0.3) is 0 Å². The van der Waals surface area contributed by atoms with Crippen molar-refractivity contribution in [1.29, 1.82) is 0 Å². The molecule has 0 bridgehead atoms. The number of rotatable bonds is 3. The third-order valence-corrected chi connectivity index (χ3v) is 3.10. The molecule has 92 valence electrons. The number of hydrogen-bond donors (Lipinski definition) is 1. The van der Waals surface area contributed by atoms with Crippen molar-refractivity contribution in [2.75, 3.05) is 5.32 Å². The highest BCUT2D eigenvalue weighted by Gasteiger charge is 2.14. The molecule has 0 saturated heterocycles. The van der Waals surface area contributed by atoms with Gasteiger partial charge in [0.2, 0.25) is 5.91 Å². The van der Waals surface area contributed by atoms with E-state index < -0.39 is 0 Å². The fourth-order valence-corrected chi connectivity index (χ4v) is 1.99. The van der Waals surface area contributed by atoms with E-state index >= 15 is 0 Å². The lowest BCUT2D eigenvalue weighted by molar-refractivity contribution is -0.117. The molecule has 18 heavy (non-hydrogen) atoms. The highest BCUT2D eigenvalue weighted by Crippen LogP contribution is 2.19. The fourth-order valence-electron chi connectivity index (χ4n) is 1.62. The molecule has 2 aromatic rings. The highest BCUT2D eigenvalue weighted by molar-refractivity contribution is 9.10. The molecular formula is C14H13BrN2O. The van der Waals surface area contributed by atoms with Gasteiger partial charge in [-0.2, -0.15) is 0 Å². The van der Waals surface area contributed by atoms with Crippen LogP contribution in [-0.4, -0.2) is 10.9 Å². The lowest BCUT2D eigenvalue weighted by atomic mass is 10.0. The first-order valence-electron chi connectivity index (χ1n) is 5.63. The van der Waals surface area contributed by atoms with Crippen LogP contribution in [0.15, 0.2) is 53.3 Å². The zero-order valence-corrected chi connectivity index (χ0v) is 11.5. The summed E-state index contributed by atoms with van der Waals surface area (Å²) in [5.74, 6) is -0.230. The monoisotopic (exact) mass is 304 g/mol. The Kier molecular flexibility index (Phi) is 4.10. The van der Waals surface area contributed by atoms with Crippen LogP contribution in [0.1, 0.15) is 18.4 Å². The Hall–Kier alpha value is -1.68. The predicted octanol–water partition coefficient (Wildman–Crippen LogP) is 3.59. The first-order chi connectivity index (χ1) is 8.66. The lowest BCUT2D eigenvalue weighted by Gasteiger charge is -2.12. The van der Waals surface area contributed by atoms with E-state index in [0.29, 0.717) is 5.69 Å². The van der Waals surface area contributed by atoms with E-state index in [-0.39, 0.29) is 11.8 Å². The van der Waals surface area contributed by atoms with E-state index in [9.17, 15) is 4.79 Å². The van der Waals surface area contributed by atoms with Crippen molar-refractivity contribution in [3.63, 3.8) is 0 Å². The fraction of sp³-hybridized carbons (Fsp3) is 0.143. The maximum Gasteiger partial charge on any atom is 0.231 e. The molecule has 0 spiro atoms. The second-order valence-electron chi connectivity index (χ2n) is 4.01. The highest BCUT2D eigenvalue weighted by atomic mass is 79.9. The molecule has 0 aliphatic carbocycles. The number of hydrogen-bond acceptors (Lipinski definition) is 2.